The van der Waals surface area contributed by atoms with Crippen molar-refractivity contribution in [2.75, 3.05) is 13.1 Å². The molecule has 1 saturated heterocycles. The van der Waals surface area contributed by atoms with Gasteiger partial charge in [0.05, 0.1) is 11.0 Å². The largest absolute Gasteiger partial charge is 0.391 e. The van der Waals surface area contributed by atoms with Gasteiger partial charge in [-0.05, 0) is 36.6 Å². The van der Waals surface area contributed by atoms with E-state index in [1.807, 2.05) is 6.92 Å². The zero-order valence-corrected chi connectivity index (χ0v) is 12.5. The molecule has 18 heavy (non-hydrogen) atoms. The number of piperidine rings is 1. The van der Waals surface area contributed by atoms with E-state index in [1.54, 1.807) is 24.3 Å². The molecule has 1 aromatic carbocycles. The van der Waals surface area contributed by atoms with Gasteiger partial charge in [0.2, 0.25) is 10.0 Å². The molecular formula is C12H16BrNO3S. The van der Waals surface area contributed by atoms with E-state index in [0.717, 1.165) is 4.47 Å². The molecule has 100 valence electrons. The number of nitrogens with zero attached hydrogens (tertiary/aromatic N) is 1. The van der Waals surface area contributed by atoms with Crippen LogP contribution in [0.3, 0.4) is 0 Å². The molecule has 6 heteroatoms. The second-order valence-corrected chi connectivity index (χ2v) is 7.50. The van der Waals surface area contributed by atoms with Crippen molar-refractivity contribution in [3.63, 3.8) is 0 Å². The average molecular weight is 334 g/mol. The van der Waals surface area contributed by atoms with Gasteiger partial charge in [-0.2, -0.15) is 4.31 Å². The van der Waals surface area contributed by atoms with Crippen LogP contribution in [0, 0.1) is 5.92 Å². The van der Waals surface area contributed by atoms with Gasteiger partial charge >= 0.3 is 0 Å². The number of aliphatic hydroxyl groups excluding tert-OH is 1. The van der Waals surface area contributed by atoms with Crippen LogP contribution in [-0.4, -0.2) is 37.0 Å². The van der Waals surface area contributed by atoms with Crippen LogP contribution in [0.4, 0.5) is 0 Å². The van der Waals surface area contributed by atoms with Crippen molar-refractivity contribution in [1.29, 1.82) is 0 Å². The molecule has 0 aliphatic carbocycles. The summed E-state index contributed by atoms with van der Waals surface area (Å²) in [5.74, 6) is 0.154. The highest BCUT2D eigenvalue weighted by atomic mass is 79.9. The third-order valence-corrected chi connectivity index (χ3v) is 5.74. The first-order valence-corrected chi connectivity index (χ1v) is 8.08. The molecule has 0 radical (unpaired) electrons. The first kappa shape index (κ1) is 14.0. The fourth-order valence-electron chi connectivity index (χ4n) is 1.99. The van der Waals surface area contributed by atoms with Crippen molar-refractivity contribution >= 4 is 26.0 Å². The summed E-state index contributed by atoms with van der Waals surface area (Å²) in [7, 11) is -3.48. The monoisotopic (exact) mass is 333 g/mol. The minimum Gasteiger partial charge on any atom is -0.391 e. The number of aliphatic hydroxyl groups is 1. The van der Waals surface area contributed by atoms with E-state index in [2.05, 4.69) is 15.9 Å². The highest BCUT2D eigenvalue weighted by Gasteiger charge is 2.32. The minimum atomic E-state index is -3.48. The molecule has 1 heterocycles. The van der Waals surface area contributed by atoms with Crippen molar-refractivity contribution in [3.05, 3.63) is 28.7 Å². The van der Waals surface area contributed by atoms with Crippen LogP contribution >= 0.6 is 15.9 Å². The normalized spacial score (nSPS) is 26.2. The molecule has 2 unspecified atom stereocenters. The number of rotatable bonds is 2. The molecule has 1 aliphatic heterocycles. The maximum Gasteiger partial charge on any atom is 0.243 e. The van der Waals surface area contributed by atoms with Crippen molar-refractivity contribution in [2.24, 2.45) is 5.92 Å². The summed E-state index contributed by atoms with van der Waals surface area (Å²) in [5, 5.41) is 9.79. The van der Waals surface area contributed by atoms with Gasteiger partial charge in [-0.25, -0.2) is 8.42 Å². The summed E-state index contributed by atoms with van der Waals surface area (Å²) in [5.41, 5.74) is 0. The van der Waals surface area contributed by atoms with Gasteiger partial charge in [0.1, 0.15) is 0 Å². The molecule has 2 rings (SSSR count). The lowest BCUT2D eigenvalue weighted by molar-refractivity contribution is 0.0605. The van der Waals surface area contributed by atoms with Gasteiger partial charge in [-0.3, -0.25) is 0 Å². The third-order valence-electron chi connectivity index (χ3n) is 3.33. The molecule has 2 atom stereocenters. The summed E-state index contributed by atoms with van der Waals surface area (Å²) in [4.78, 5) is 0.271. The van der Waals surface area contributed by atoms with E-state index in [1.165, 1.54) is 4.31 Å². The highest BCUT2D eigenvalue weighted by molar-refractivity contribution is 9.10. The van der Waals surface area contributed by atoms with Crippen LogP contribution in [0.15, 0.2) is 33.6 Å². The molecule has 1 N–H and O–H groups in total. The zero-order valence-electron chi connectivity index (χ0n) is 10.1. The number of benzene rings is 1. The lowest BCUT2D eigenvalue weighted by Gasteiger charge is -2.33. The standard InChI is InChI=1S/C12H16BrNO3S/c1-9-6-7-14(8-12(9)15)18(16,17)11-4-2-10(13)3-5-11/h2-5,9,12,15H,6-8H2,1H3. The van der Waals surface area contributed by atoms with Crippen LogP contribution < -0.4 is 0 Å². The van der Waals surface area contributed by atoms with Gasteiger partial charge in [-0.1, -0.05) is 22.9 Å². The highest BCUT2D eigenvalue weighted by Crippen LogP contribution is 2.24. The summed E-state index contributed by atoms with van der Waals surface area (Å²) in [6.07, 6.45) is 0.112. The minimum absolute atomic E-state index is 0.154. The molecule has 4 nitrogen and oxygen atoms in total. The third kappa shape index (κ3) is 2.77. The van der Waals surface area contributed by atoms with E-state index in [9.17, 15) is 13.5 Å². The number of halogens is 1. The van der Waals surface area contributed by atoms with E-state index in [4.69, 9.17) is 0 Å². The molecular weight excluding hydrogens is 318 g/mol. The van der Waals surface area contributed by atoms with E-state index in [-0.39, 0.29) is 17.4 Å². The van der Waals surface area contributed by atoms with Crippen LogP contribution in [0.1, 0.15) is 13.3 Å². The van der Waals surface area contributed by atoms with Gasteiger partial charge in [0.15, 0.2) is 0 Å². The van der Waals surface area contributed by atoms with E-state index in [0.29, 0.717) is 13.0 Å². The molecule has 1 fully saturated rings. The van der Waals surface area contributed by atoms with Crippen LogP contribution in [-0.2, 0) is 10.0 Å². The summed E-state index contributed by atoms with van der Waals surface area (Å²) in [6, 6.07) is 6.55. The Bertz CT molecular complexity index is 515. The molecule has 0 aromatic heterocycles. The van der Waals surface area contributed by atoms with Crippen molar-refractivity contribution in [2.45, 2.75) is 24.3 Å². The maximum atomic E-state index is 12.4. The molecule has 0 saturated carbocycles. The zero-order chi connectivity index (χ0) is 13.3. The Hall–Kier alpha value is -0.430. The summed E-state index contributed by atoms with van der Waals surface area (Å²) >= 11 is 3.28. The maximum absolute atomic E-state index is 12.4. The van der Waals surface area contributed by atoms with Crippen LogP contribution in [0.2, 0.25) is 0 Å². The second-order valence-electron chi connectivity index (χ2n) is 4.65. The Morgan fingerprint density at radius 2 is 1.94 bits per heavy atom. The topological polar surface area (TPSA) is 57.6 Å². The van der Waals surface area contributed by atoms with Crippen molar-refractivity contribution in [1.82, 2.24) is 4.31 Å². The Balaban J connectivity index is 2.24. The van der Waals surface area contributed by atoms with Gasteiger partial charge in [-0.15, -0.1) is 0 Å². The fourth-order valence-corrected chi connectivity index (χ4v) is 3.73. The first-order chi connectivity index (χ1) is 8.41. The van der Waals surface area contributed by atoms with Crippen molar-refractivity contribution in [3.8, 4) is 0 Å². The smallest absolute Gasteiger partial charge is 0.243 e. The lowest BCUT2D eigenvalue weighted by atomic mass is 9.98. The Labute approximate surface area is 116 Å². The molecule has 1 aromatic rings. The number of β-amino-alcohol motifs (C(OH)–C–C–N with tert-alkyl or cyclic N) is 1. The SMILES string of the molecule is CC1CCN(S(=O)(=O)c2ccc(Br)cc2)CC1O. The predicted molar refractivity (Wildman–Crippen MR) is 72.7 cm³/mol. The number of hydrogen-bond donors (Lipinski definition) is 1. The van der Waals surface area contributed by atoms with Gasteiger partial charge in [0.25, 0.3) is 0 Å². The second kappa shape index (κ2) is 5.28. The molecule has 1 aliphatic rings. The van der Waals surface area contributed by atoms with E-state index >= 15 is 0 Å². The number of hydrogen-bond acceptors (Lipinski definition) is 3. The molecule has 0 bridgehead atoms. The quantitative estimate of drug-likeness (QED) is 0.898. The van der Waals surface area contributed by atoms with E-state index < -0.39 is 16.1 Å². The average Bonchev–Trinajstić information content (AvgIpc) is 2.33. The predicted octanol–water partition coefficient (Wildman–Crippen LogP) is 1.84. The summed E-state index contributed by atoms with van der Waals surface area (Å²) in [6.45, 7) is 2.59. The van der Waals surface area contributed by atoms with Crippen molar-refractivity contribution < 1.29 is 13.5 Å². The fraction of sp³-hybridized carbons (Fsp3) is 0.500. The first-order valence-electron chi connectivity index (χ1n) is 5.85. The Morgan fingerprint density at radius 1 is 1.33 bits per heavy atom. The van der Waals surface area contributed by atoms with Gasteiger partial charge < -0.3 is 5.11 Å². The van der Waals surface area contributed by atoms with Crippen LogP contribution in [0.5, 0.6) is 0 Å². The summed E-state index contributed by atoms with van der Waals surface area (Å²) < 4.78 is 26.9. The Morgan fingerprint density at radius 3 is 2.50 bits per heavy atom. The van der Waals surface area contributed by atoms with Gasteiger partial charge in [0, 0.05) is 17.6 Å². The molecule has 0 spiro atoms. The lowest BCUT2D eigenvalue weighted by Crippen LogP contribution is -2.45. The number of sulfonamides is 1. The molecule has 0 amide bonds. The Kier molecular flexibility index (Phi) is 4.11. The van der Waals surface area contributed by atoms with Crippen LogP contribution in [0.25, 0.3) is 0 Å².